The van der Waals surface area contributed by atoms with E-state index in [0.29, 0.717) is 5.82 Å². The molecule has 0 unspecified atom stereocenters. The minimum Gasteiger partial charge on any atom is -0.268 e. The molecule has 0 atom stereocenters. The topological polar surface area (TPSA) is 64.0 Å². The fraction of sp³-hybridized carbons (Fsp3) is 0.571. The van der Waals surface area contributed by atoms with Crippen molar-refractivity contribution in [2.24, 2.45) is 0 Å². The molecule has 6 heteroatoms. The van der Waals surface area contributed by atoms with Crippen LogP contribution in [0.25, 0.3) is 0 Å². The largest absolute Gasteiger partial charge is 0.268 e. The van der Waals surface area contributed by atoms with Gasteiger partial charge in [0.15, 0.2) is 5.82 Å². The first-order valence-corrected chi connectivity index (χ1v) is 5.80. The highest BCUT2D eigenvalue weighted by Gasteiger charge is 2.05. The van der Waals surface area contributed by atoms with Crippen molar-refractivity contribution in [3.8, 4) is 0 Å². The fourth-order valence-corrected chi connectivity index (χ4v) is 1.36. The molecule has 0 aromatic carbocycles. The molecule has 5 nitrogen and oxygen atoms in total. The normalized spacial score (nSPS) is 12.0. The van der Waals surface area contributed by atoms with Crippen molar-refractivity contribution in [1.29, 1.82) is 0 Å². The summed E-state index contributed by atoms with van der Waals surface area (Å²) in [4.78, 5) is 0. The fourth-order valence-electron chi connectivity index (χ4n) is 0.870. The molecule has 1 rings (SSSR count). The summed E-state index contributed by atoms with van der Waals surface area (Å²) in [6, 6.07) is 1.86. The van der Waals surface area contributed by atoms with Crippen LogP contribution in [-0.4, -0.2) is 24.5 Å². The minimum absolute atomic E-state index is 0.232. The Morgan fingerprint density at radius 3 is 2.54 bits per heavy atom. The van der Waals surface area contributed by atoms with Crippen molar-refractivity contribution in [2.75, 3.05) is 11.0 Å². The maximum absolute atomic E-state index is 10.8. The smallest absolute Gasteiger partial charge is 0.231 e. The van der Waals surface area contributed by atoms with Gasteiger partial charge in [-0.1, -0.05) is 0 Å². The minimum atomic E-state index is -3.22. The van der Waals surface area contributed by atoms with Crippen LogP contribution in [0.15, 0.2) is 12.3 Å². The van der Waals surface area contributed by atoms with E-state index >= 15 is 0 Å². The van der Waals surface area contributed by atoms with E-state index in [2.05, 4.69) is 9.82 Å². The summed E-state index contributed by atoms with van der Waals surface area (Å²) in [5.41, 5.74) is 0. The van der Waals surface area contributed by atoms with Crippen molar-refractivity contribution >= 4 is 15.8 Å². The number of anilines is 1. The van der Waals surface area contributed by atoms with E-state index in [-0.39, 0.29) is 6.04 Å². The summed E-state index contributed by atoms with van der Waals surface area (Å²) in [5, 5.41) is 4.02. The third kappa shape index (κ3) is 3.06. The van der Waals surface area contributed by atoms with E-state index in [1.807, 2.05) is 13.8 Å². The van der Waals surface area contributed by atoms with Gasteiger partial charge < -0.3 is 0 Å². The van der Waals surface area contributed by atoms with Gasteiger partial charge in [-0.2, -0.15) is 5.10 Å². The van der Waals surface area contributed by atoms with Crippen LogP contribution in [0.3, 0.4) is 0 Å². The molecule has 1 aromatic heterocycles. The highest BCUT2D eigenvalue weighted by molar-refractivity contribution is 7.92. The molecule has 0 aliphatic carbocycles. The summed E-state index contributed by atoms with van der Waals surface area (Å²) >= 11 is 0. The lowest BCUT2D eigenvalue weighted by Gasteiger charge is -2.03. The van der Waals surface area contributed by atoms with Gasteiger partial charge in [-0.3, -0.25) is 9.40 Å². The molecule has 0 radical (unpaired) electrons. The molecular formula is C7H13N3O2S. The predicted octanol–water partition coefficient (Wildman–Crippen LogP) is 0.835. The van der Waals surface area contributed by atoms with E-state index in [1.54, 1.807) is 16.9 Å². The van der Waals surface area contributed by atoms with E-state index in [4.69, 9.17) is 0 Å². The highest BCUT2D eigenvalue weighted by atomic mass is 32.2. The lowest BCUT2D eigenvalue weighted by Crippen LogP contribution is -2.11. The Hall–Kier alpha value is -1.04. The number of sulfonamides is 1. The lowest BCUT2D eigenvalue weighted by atomic mass is 10.4. The standard InChI is InChI=1S/C7H13N3O2S/c1-6(2)10-5-4-7(8-10)9-13(3,11)12/h4-6H,1-3H3,(H,8,9). The molecular weight excluding hydrogens is 190 g/mol. The zero-order valence-electron chi connectivity index (χ0n) is 7.85. The van der Waals surface area contributed by atoms with Gasteiger partial charge in [0.05, 0.1) is 6.26 Å². The molecule has 0 bridgehead atoms. The summed E-state index contributed by atoms with van der Waals surface area (Å²) in [7, 11) is -3.22. The second-order valence-electron chi connectivity index (χ2n) is 3.15. The highest BCUT2D eigenvalue weighted by Crippen LogP contribution is 2.08. The predicted molar refractivity (Wildman–Crippen MR) is 51.1 cm³/mol. The molecule has 1 aromatic rings. The Labute approximate surface area is 77.8 Å². The van der Waals surface area contributed by atoms with Crippen LogP contribution in [0.5, 0.6) is 0 Å². The van der Waals surface area contributed by atoms with Crippen LogP contribution >= 0.6 is 0 Å². The van der Waals surface area contributed by atoms with E-state index in [1.165, 1.54) is 0 Å². The van der Waals surface area contributed by atoms with Crippen molar-refractivity contribution in [3.63, 3.8) is 0 Å². The maximum Gasteiger partial charge on any atom is 0.231 e. The van der Waals surface area contributed by atoms with Crippen LogP contribution in [0.4, 0.5) is 5.82 Å². The Kier molecular flexibility index (Phi) is 2.60. The van der Waals surface area contributed by atoms with Crippen LogP contribution < -0.4 is 4.72 Å². The van der Waals surface area contributed by atoms with Gasteiger partial charge in [0.1, 0.15) is 0 Å². The summed E-state index contributed by atoms with van der Waals surface area (Å²) in [6.45, 7) is 3.94. The van der Waals surface area contributed by atoms with Crippen molar-refractivity contribution in [1.82, 2.24) is 9.78 Å². The maximum atomic E-state index is 10.8. The first kappa shape index (κ1) is 10.0. The number of hydrogen-bond acceptors (Lipinski definition) is 3. The van der Waals surface area contributed by atoms with Crippen molar-refractivity contribution < 1.29 is 8.42 Å². The molecule has 0 aliphatic rings. The number of nitrogens with zero attached hydrogens (tertiary/aromatic N) is 2. The molecule has 0 saturated carbocycles. The Balaban J connectivity index is 2.81. The average Bonchev–Trinajstić information content (AvgIpc) is 2.31. The summed E-state index contributed by atoms with van der Waals surface area (Å²) in [6.07, 6.45) is 2.83. The van der Waals surface area contributed by atoms with E-state index in [0.717, 1.165) is 6.26 Å². The Bertz CT molecular complexity index is 380. The van der Waals surface area contributed by atoms with Crippen LogP contribution in [0, 0.1) is 0 Å². The van der Waals surface area contributed by atoms with Gasteiger partial charge in [-0.25, -0.2) is 8.42 Å². The van der Waals surface area contributed by atoms with Gasteiger partial charge in [0.25, 0.3) is 0 Å². The molecule has 13 heavy (non-hydrogen) atoms. The second-order valence-corrected chi connectivity index (χ2v) is 4.90. The quantitative estimate of drug-likeness (QED) is 0.791. The Morgan fingerprint density at radius 1 is 1.54 bits per heavy atom. The summed E-state index contributed by atoms with van der Waals surface area (Å²) in [5.74, 6) is 0.358. The monoisotopic (exact) mass is 203 g/mol. The van der Waals surface area contributed by atoms with Gasteiger partial charge in [0.2, 0.25) is 10.0 Å². The zero-order valence-corrected chi connectivity index (χ0v) is 8.67. The molecule has 0 aliphatic heterocycles. The van der Waals surface area contributed by atoms with Crippen molar-refractivity contribution in [2.45, 2.75) is 19.9 Å². The molecule has 0 fully saturated rings. The number of rotatable bonds is 3. The first-order valence-electron chi connectivity index (χ1n) is 3.91. The SMILES string of the molecule is CC(C)n1ccc(NS(C)(=O)=O)n1. The Morgan fingerprint density at radius 2 is 2.15 bits per heavy atom. The first-order chi connectivity index (χ1) is 5.88. The number of nitrogens with one attached hydrogen (secondary N) is 1. The van der Waals surface area contributed by atoms with E-state index < -0.39 is 10.0 Å². The lowest BCUT2D eigenvalue weighted by molar-refractivity contribution is 0.534. The molecule has 74 valence electrons. The van der Waals surface area contributed by atoms with Gasteiger partial charge in [0, 0.05) is 18.3 Å². The second kappa shape index (κ2) is 3.37. The zero-order chi connectivity index (χ0) is 10.1. The third-order valence-corrected chi connectivity index (χ3v) is 2.01. The van der Waals surface area contributed by atoms with Gasteiger partial charge in [-0.05, 0) is 13.8 Å². The molecule has 0 saturated heterocycles. The van der Waals surface area contributed by atoms with Crippen LogP contribution in [0.2, 0.25) is 0 Å². The van der Waals surface area contributed by atoms with Crippen LogP contribution in [-0.2, 0) is 10.0 Å². The van der Waals surface area contributed by atoms with Gasteiger partial charge in [-0.15, -0.1) is 0 Å². The number of aromatic nitrogens is 2. The third-order valence-electron chi connectivity index (χ3n) is 1.43. The summed E-state index contributed by atoms with van der Waals surface area (Å²) < 4.78 is 25.6. The van der Waals surface area contributed by atoms with Crippen LogP contribution in [0.1, 0.15) is 19.9 Å². The van der Waals surface area contributed by atoms with E-state index in [9.17, 15) is 8.42 Å². The van der Waals surface area contributed by atoms with Crippen molar-refractivity contribution in [3.05, 3.63) is 12.3 Å². The molecule has 0 amide bonds. The molecule has 1 heterocycles. The molecule has 0 spiro atoms. The molecule has 1 N–H and O–H groups in total. The van der Waals surface area contributed by atoms with Gasteiger partial charge >= 0.3 is 0 Å². The average molecular weight is 203 g/mol. The number of hydrogen-bond donors (Lipinski definition) is 1.